The number of hydrogen-bond acceptors (Lipinski definition) is 2. The third-order valence-electron chi connectivity index (χ3n) is 2.95. The maximum Gasteiger partial charge on any atom is 0.0599 e. The molecule has 1 fully saturated rings. The minimum atomic E-state index is -0.0362. The molecule has 1 aliphatic carbocycles. The van der Waals surface area contributed by atoms with Crippen LogP contribution in [0.4, 0.5) is 0 Å². The molecule has 0 aliphatic heterocycles. The zero-order valence-electron chi connectivity index (χ0n) is 10.2. The zero-order chi connectivity index (χ0) is 11.4. The Balaban J connectivity index is 2.18. The van der Waals surface area contributed by atoms with Gasteiger partial charge >= 0.3 is 0 Å². The van der Waals surface area contributed by atoms with Crippen LogP contribution in [0.1, 0.15) is 46.5 Å². The topological polar surface area (TPSA) is 21.3 Å². The Morgan fingerprint density at radius 3 is 2.33 bits per heavy atom. The van der Waals surface area contributed by atoms with E-state index >= 15 is 0 Å². The molecule has 3 heteroatoms. The highest BCUT2D eigenvalue weighted by Crippen LogP contribution is 2.30. The summed E-state index contributed by atoms with van der Waals surface area (Å²) in [5.41, 5.74) is 0.161. The Labute approximate surface area is 98.7 Å². The van der Waals surface area contributed by atoms with Crippen LogP contribution in [0.25, 0.3) is 0 Å². The molecule has 1 N–H and O–H groups in total. The maximum atomic E-state index is 6.03. The van der Waals surface area contributed by atoms with Gasteiger partial charge in [0, 0.05) is 18.0 Å². The van der Waals surface area contributed by atoms with Gasteiger partial charge in [0.05, 0.1) is 12.2 Å². The second-order valence-corrected chi connectivity index (χ2v) is 5.78. The molecule has 2 nitrogen and oxygen atoms in total. The van der Waals surface area contributed by atoms with Crippen LogP contribution in [0, 0.1) is 0 Å². The lowest BCUT2D eigenvalue weighted by Crippen LogP contribution is -2.46. The van der Waals surface area contributed by atoms with E-state index in [0.717, 1.165) is 19.0 Å². The van der Waals surface area contributed by atoms with Crippen molar-refractivity contribution in [3.63, 3.8) is 0 Å². The molecule has 0 aromatic carbocycles. The molecule has 0 heterocycles. The lowest BCUT2D eigenvalue weighted by atomic mass is 10.0. The third-order valence-corrected chi connectivity index (χ3v) is 3.47. The SMILES string of the molecule is CC(C)(C)OCCNC1(CCl)CCCC1. The van der Waals surface area contributed by atoms with Crippen molar-refractivity contribution in [3.8, 4) is 0 Å². The monoisotopic (exact) mass is 233 g/mol. The molecule has 0 saturated heterocycles. The summed E-state index contributed by atoms with van der Waals surface area (Å²) in [6.07, 6.45) is 5.04. The molecule has 0 atom stereocenters. The van der Waals surface area contributed by atoms with Gasteiger partial charge in [-0.2, -0.15) is 0 Å². The highest BCUT2D eigenvalue weighted by molar-refractivity contribution is 6.18. The normalized spacial score (nSPS) is 20.8. The molecule has 0 spiro atoms. The average molecular weight is 234 g/mol. The third kappa shape index (κ3) is 4.71. The van der Waals surface area contributed by atoms with E-state index in [0.29, 0.717) is 0 Å². The predicted octanol–water partition coefficient (Wildman–Crippen LogP) is 2.94. The summed E-state index contributed by atoms with van der Waals surface area (Å²) in [6.45, 7) is 7.92. The molecular formula is C12H24ClNO. The van der Waals surface area contributed by atoms with E-state index in [1.807, 2.05) is 0 Å². The van der Waals surface area contributed by atoms with Gasteiger partial charge in [0.1, 0.15) is 0 Å². The fraction of sp³-hybridized carbons (Fsp3) is 1.00. The first-order valence-corrected chi connectivity index (χ1v) is 6.46. The lowest BCUT2D eigenvalue weighted by molar-refractivity contribution is -0.00295. The molecule has 1 aliphatic rings. The van der Waals surface area contributed by atoms with E-state index in [-0.39, 0.29) is 11.1 Å². The number of hydrogen-bond donors (Lipinski definition) is 1. The van der Waals surface area contributed by atoms with Gasteiger partial charge < -0.3 is 10.1 Å². The smallest absolute Gasteiger partial charge is 0.0599 e. The summed E-state index contributed by atoms with van der Waals surface area (Å²) < 4.78 is 5.67. The van der Waals surface area contributed by atoms with Crippen LogP contribution in [0.5, 0.6) is 0 Å². The summed E-state index contributed by atoms with van der Waals surface area (Å²) in [7, 11) is 0. The molecule has 15 heavy (non-hydrogen) atoms. The van der Waals surface area contributed by atoms with Crippen molar-refractivity contribution in [1.29, 1.82) is 0 Å². The molecule has 1 saturated carbocycles. The van der Waals surface area contributed by atoms with Crippen LogP contribution in [0.15, 0.2) is 0 Å². The Morgan fingerprint density at radius 2 is 1.87 bits per heavy atom. The largest absolute Gasteiger partial charge is 0.375 e. The fourth-order valence-corrected chi connectivity index (χ4v) is 2.44. The van der Waals surface area contributed by atoms with Gasteiger partial charge in [-0.1, -0.05) is 12.8 Å². The number of alkyl halides is 1. The van der Waals surface area contributed by atoms with Gasteiger partial charge in [-0.15, -0.1) is 11.6 Å². The van der Waals surface area contributed by atoms with Crippen LogP contribution in [0.3, 0.4) is 0 Å². The highest BCUT2D eigenvalue weighted by atomic mass is 35.5. The van der Waals surface area contributed by atoms with E-state index in [4.69, 9.17) is 16.3 Å². The molecule has 90 valence electrons. The molecule has 0 radical (unpaired) electrons. The first kappa shape index (κ1) is 13.3. The Hall–Kier alpha value is 0.210. The summed E-state index contributed by atoms with van der Waals surface area (Å²) in [5, 5.41) is 3.56. The van der Waals surface area contributed by atoms with E-state index in [1.165, 1.54) is 25.7 Å². The van der Waals surface area contributed by atoms with Crippen molar-refractivity contribution in [2.75, 3.05) is 19.0 Å². The number of nitrogens with one attached hydrogen (secondary N) is 1. The number of ether oxygens (including phenoxy) is 1. The van der Waals surface area contributed by atoms with E-state index in [9.17, 15) is 0 Å². The van der Waals surface area contributed by atoms with Crippen LogP contribution in [-0.4, -0.2) is 30.2 Å². The van der Waals surface area contributed by atoms with Crippen molar-refractivity contribution < 1.29 is 4.74 Å². The van der Waals surface area contributed by atoms with Gasteiger partial charge in [-0.25, -0.2) is 0 Å². The molecular weight excluding hydrogens is 210 g/mol. The first-order chi connectivity index (χ1) is 6.97. The Kier molecular flexibility index (Phi) is 4.88. The molecule has 0 unspecified atom stereocenters. The molecule has 0 aromatic heterocycles. The second-order valence-electron chi connectivity index (χ2n) is 5.51. The number of halogens is 1. The van der Waals surface area contributed by atoms with Crippen molar-refractivity contribution in [2.24, 2.45) is 0 Å². The second kappa shape index (κ2) is 5.51. The average Bonchev–Trinajstić information content (AvgIpc) is 2.60. The minimum absolute atomic E-state index is 0.0362. The van der Waals surface area contributed by atoms with Gasteiger partial charge in [0.2, 0.25) is 0 Å². The quantitative estimate of drug-likeness (QED) is 0.583. The van der Waals surface area contributed by atoms with Crippen LogP contribution >= 0.6 is 11.6 Å². The summed E-state index contributed by atoms with van der Waals surface area (Å²) in [4.78, 5) is 0. The summed E-state index contributed by atoms with van der Waals surface area (Å²) >= 11 is 6.03. The fourth-order valence-electron chi connectivity index (χ4n) is 2.08. The molecule has 0 aromatic rings. The first-order valence-electron chi connectivity index (χ1n) is 5.92. The van der Waals surface area contributed by atoms with E-state index in [1.54, 1.807) is 0 Å². The van der Waals surface area contributed by atoms with Gasteiger partial charge in [0.15, 0.2) is 0 Å². The van der Waals surface area contributed by atoms with Crippen LogP contribution in [-0.2, 0) is 4.74 Å². The number of rotatable bonds is 5. The van der Waals surface area contributed by atoms with Crippen molar-refractivity contribution in [1.82, 2.24) is 5.32 Å². The van der Waals surface area contributed by atoms with Gasteiger partial charge in [-0.05, 0) is 33.6 Å². The van der Waals surface area contributed by atoms with Gasteiger partial charge in [-0.3, -0.25) is 0 Å². The lowest BCUT2D eigenvalue weighted by Gasteiger charge is -2.29. The Morgan fingerprint density at radius 1 is 1.27 bits per heavy atom. The van der Waals surface area contributed by atoms with Crippen LogP contribution in [0.2, 0.25) is 0 Å². The highest BCUT2D eigenvalue weighted by Gasteiger charge is 2.32. The standard InChI is InChI=1S/C12H24ClNO/c1-11(2,3)15-9-8-14-12(10-13)6-4-5-7-12/h14H,4-10H2,1-3H3. The summed E-state index contributed by atoms with van der Waals surface area (Å²) in [5.74, 6) is 0.725. The van der Waals surface area contributed by atoms with E-state index < -0.39 is 0 Å². The van der Waals surface area contributed by atoms with E-state index in [2.05, 4.69) is 26.1 Å². The molecule has 1 rings (SSSR count). The zero-order valence-corrected chi connectivity index (χ0v) is 11.0. The van der Waals surface area contributed by atoms with Gasteiger partial charge in [0.25, 0.3) is 0 Å². The maximum absolute atomic E-state index is 6.03. The van der Waals surface area contributed by atoms with Crippen LogP contribution < -0.4 is 5.32 Å². The molecule has 0 amide bonds. The Bertz CT molecular complexity index is 183. The minimum Gasteiger partial charge on any atom is -0.375 e. The van der Waals surface area contributed by atoms with Crippen molar-refractivity contribution >= 4 is 11.6 Å². The predicted molar refractivity (Wildman–Crippen MR) is 65.6 cm³/mol. The van der Waals surface area contributed by atoms with Crippen molar-refractivity contribution in [2.45, 2.75) is 57.6 Å². The van der Waals surface area contributed by atoms with Crippen molar-refractivity contribution in [3.05, 3.63) is 0 Å². The molecule has 0 bridgehead atoms. The summed E-state index contributed by atoms with van der Waals surface area (Å²) in [6, 6.07) is 0.